The maximum absolute atomic E-state index is 10.6. The lowest BCUT2D eigenvalue weighted by atomic mass is 10.00. The summed E-state index contributed by atoms with van der Waals surface area (Å²) in [5.41, 5.74) is 3.74. The van der Waals surface area contributed by atoms with Crippen LogP contribution in [0.15, 0.2) is 47.4 Å². The number of unbranched alkanes of at least 4 members (excludes halogenated alkanes) is 1. The lowest BCUT2D eigenvalue weighted by Crippen LogP contribution is -2.33. The quantitative estimate of drug-likeness (QED) is 0.635. The zero-order valence-electron chi connectivity index (χ0n) is 14.7. The van der Waals surface area contributed by atoms with Gasteiger partial charge in [-0.3, -0.25) is 0 Å². The second-order valence-corrected chi connectivity index (χ2v) is 8.31. The number of hydrogen-bond donors (Lipinski definition) is 2. The fourth-order valence-electron chi connectivity index (χ4n) is 3.23. The van der Waals surface area contributed by atoms with E-state index >= 15 is 0 Å². The van der Waals surface area contributed by atoms with Crippen molar-refractivity contribution in [2.24, 2.45) is 0 Å². The molecule has 0 spiro atoms. The van der Waals surface area contributed by atoms with Crippen LogP contribution >= 0.6 is 23.4 Å². The SMILES string of the molecule is CC(NCCCCc1ccc(Cl)cc1)C(O)c1ccc2c(c1)CCS2. The molecule has 2 nitrogen and oxygen atoms in total. The van der Waals surface area contributed by atoms with Crippen molar-refractivity contribution in [2.75, 3.05) is 12.3 Å². The predicted octanol–water partition coefficient (Wildman–Crippen LogP) is 5.02. The lowest BCUT2D eigenvalue weighted by molar-refractivity contribution is 0.136. The van der Waals surface area contributed by atoms with E-state index < -0.39 is 6.10 Å². The van der Waals surface area contributed by atoms with Gasteiger partial charge in [-0.2, -0.15) is 0 Å². The largest absolute Gasteiger partial charge is 0.387 e. The number of benzene rings is 2. The van der Waals surface area contributed by atoms with Crippen LogP contribution in [0, 0.1) is 0 Å². The summed E-state index contributed by atoms with van der Waals surface area (Å²) >= 11 is 7.82. The molecule has 4 heteroatoms. The number of thioether (sulfide) groups is 1. The number of aliphatic hydroxyl groups excluding tert-OH is 1. The number of aliphatic hydroxyl groups is 1. The van der Waals surface area contributed by atoms with Crippen molar-refractivity contribution >= 4 is 23.4 Å². The normalized spacial score (nSPS) is 15.8. The van der Waals surface area contributed by atoms with Gasteiger partial charge in [0.15, 0.2) is 0 Å². The molecule has 0 saturated heterocycles. The van der Waals surface area contributed by atoms with Crippen LogP contribution in [-0.4, -0.2) is 23.4 Å². The van der Waals surface area contributed by atoms with E-state index in [0.717, 1.165) is 48.6 Å². The van der Waals surface area contributed by atoms with E-state index in [2.05, 4.69) is 42.6 Å². The number of rotatable bonds is 8. The van der Waals surface area contributed by atoms with Crippen molar-refractivity contribution in [3.05, 3.63) is 64.2 Å². The van der Waals surface area contributed by atoms with Gasteiger partial charge in [0.25, 0.3) is 0 Å². The number of aryl methyl sites for hydroxylation is 2. The minimum Gasteiger partial charge on any atom is -0.387 e. The van der Waals surface area contributed by atoms with Gasteiger partial charge in [0.1, 0.15) is 0 Å². The van der Waals surface area contributed by atoms with E-state index in [0.29, 0.717) is 0 Å². The van der Waals surface area contributed by atoms with E-state index in [4.69, 9.17) is 11.6 Å². The molecule has 25 heavy (non-hydrogen) atoms. The molecule has 1 aliphatic heterocycles. The smallest absolute Gasteiger partial charge is 0.0940 e. The molecule has 0 aromatic heterocycles. The molecular weight excluding hydrogens is 350 g/mol. The molecule has 0 radical (unpaired) electrons. The third-order valence-corrected chi connectivity index (χ3v) is 6.17. The summed E-state index contributed by atoms with van der Waals surface area (Å²) in [6.45, 7) is 2.98. The predicted molar refractivity (Wildman–Crippen MR) is 108 cm³/mol. The molecule has 0 fully saturated rings. The van der Waals surface area contributed by atoms with Gasteiger partial charge >= 0.3 is 0 Å². The summed E-state index contributed by atoms with van der Waals surface area (Å²) < 4.78 is 0. The number of fused-ring (bicyclic) bond motifs is 1. The highest BCUT2D eigenvalue weighted by atomic mass is 35.5. The molecule has 134 valence electrons. The van der Waals surface area contributed by atoms with Crippen LogP contribution in [0.2, 0.25) is 5.02 Å². The highest BCUT2D eigenvalue weighted by Crippen LogP contribution is 2.33. The minimum atomic E-state index is -0.452. The van der Waals surface area contributed by atoms with Crippen molar-refractivity contribution in [3.8, 4) is 0 Å². The zero-order chi connectivity index (χ0) is 17.6. The Kier molecular flexibility index (Phi) is 6.83. The first-order valence-corrected chi connectivity index (χ1v) is 10.4. The Hall–Kier alpha value is -1.00. The van der Waals surface area contributed by atoms with Crippen LogP contribution in [-0.2, 0) is 12.8 Å². The van der Waals surface area contributed by atoms with Crippen LogP contribution < -0.4 is 5.32 Å². The molecule has 1 heterocycles. The minimum absolute atomic E-state index is 0.0580. The second-order valence-electron chi connectivity index (χ2n) is 6.74. The van der Waals surface area contributed by atoms with E-state index in [9.17, 15) is 5.11 Å². The number of nitrogens with one attached hydrogen (secondary N) is 1. The molecule has 2 unspecified atom stereocenters. The maximum atomic E-state index is 10.6. The second kappa shape index (κ2) is 9.09. The summed E-state index contributed by atoms with van der Waals surface area (Å²) in [7, 11) is 0. The first-order valence-electron chi connectivity index (χ1n) is 9.05. The van der Waals surface area contributed by atoms with Crippen LogP contribution in [0.4, 0.5) is 0 Å². The zero-order valence-corrected chi connectivity index (χ0v) is 16.2. The van der Waals surface area contributed by atoms with Crippen LogP contribution in [0.5, 0.6) is 0 Å². The van der Waals surface area contributed by atoms with Crippen LogP contribution in [0.3, 0.4) is 0 Å². The first kappa shape index (κ1) is 18.8. The Balaban J connectivity index is 1.40. The van der Waals surface area contributed by atoms with E-state index in [1.807, 2.05) is 23.9 Å². The van der Waals surface area contributed by atoms with E-state index in [-0.39, 0.29) is 6.04 Å². The Morgan fingerprint density at radius 2 is 1.96 bits per heavy atom. The fraction of sp³-hybridized carbons (Fsp3) is 0.429. The van der Waals surface area contributed by atoms with Gasteiger partial charge in [0, 0.05) is 21.7 Å². The van der Waals surface area contributed by atoms with Gasteiger partial charge < -0.3 is 10.4 Å². The highest BCUT2D eigenvalue weighted by molar-refractivity contribution is 7.99. The topological polar surface area (TPSA) is 32.3 Å². The molecular formula is C21H26ClNOS. The number of halogens is 1. The summed E-state index contributed by atoms with van der Waals surface area (Å²) in [5.74, 6) is 1.16. The van der Waals surface area contributed by atoms with Crippen LogP contribution in [0.1, 0.15) is 42.6 Å². The standard InChI is InChI=1S/C21H26ClNOS/c1-15(21(24)18-7-10-20-17(14-18)11-13-25-20)23-12-3-2-4-16-5-8-19(22)9-6-16/h5-10,14-15,21,23-24H,2-4,11-13H2,1H3. The Morgan fingerprint density at radius 3 is 2.76 bits per heavy atom. The average Bonchev–Trinajstić information content (AvgIpc) is 3.10. The Bertz CT molecular complexity index is 689. The lowest BCUT2D eigenvalue weighted by Gasteiger charge is -2.21. The summed E-state index contributed by atoms with van der Waals surface area (Å²) in [6, 6.07) is 14.5. The molecule has 2 N–H and O–H groups in total. The molecule has 0 aliphatic carbocycles. The molecule has 2 aromatic carbocycles. The van der Waals surface area contributed by atoms with Crippen molar-refractivity contribution < 1.29 is 5.11 Å². The van der Waals surface area contributed by atoms with Crippen LogP contribution in [0.25, 0.3) is 0 Å². The number of hydrogen-bond acceptors (Lipinski definition) is 3. The highest BCUT2D eigenvalue weighted by Gasteiger charge is 2.19. The molecule has 0 saturated carbocycles. The third-order valence-electron chi connectivity index (χ3n) is 4.80. The molecule has 3 rings (SSSR count). The summed E-state index contributed by atoms with van der Waals surface area (Å²) in [6.07, 6.45) is 3.96. The van der Waals surface area contributed by atoms with Gasteiger partial charge in [0.2, 0.25) is 0 Å². The molecule has 2 atom stereocenters. The van der Waals surface area contributed by atoms with Gasteiger partial charge in [-0.1, -0.05) is 35.9 Å². The van der Waals surface area contributed by atoms with E-state index in [1.165, 1.54) is 16.0 Å². The molecule has 1 aliphatic rings. The summed E-state index contributed by atoms with van der Waals surface area (Å²) in [4.78, 5) is 1.37. The van der Waals surface area contributed by atoms with Crippen molar-refractivity contribution in [1.29, 1.82) is 0 Å². The van der Waals surface area contributed by atoms with E-state index in [1.54, 1.807) is 0 Å². The Morgan fingerprint density at radius 1 is 1.16 bits per heavy atom. The van der Waals surface area contributed by atoms with Gasteiger partial charge in [-0.25, -0.2) is 0 Å². The summed E-state index contributed by atoms with van der Waals surface area (Å²) in [5, 5.41) is 14.9. The first-order chi connectivity index (χ1) is 12.1. The third kappa shape index (κ3) is 5.24. The molecule has 0 bridgehead atoms. The monoisotopic (exact) mass is 375 g/mol. The Labute approximate surface area is 160 Å². The molecule has 0 amide bonds. The maximum Gasteiger partial charge on any atom is 0.0940 e. The van der Waals surface area contributed by atoms with Gasteiger partial charge in [0.05, 0.1) is 6.10 Å². The van der Waals surface area contributed by atoms with Crippen molar-refractivity contribution in [2.45, 2.75) is 49.6 Å². The van der Waals surface area contributed by atoms with Gasteiger partial charge in [-0.15, -0.1) is 11.8 Å². The van der Waals surface area contributed by atoms with Crippen molar-refractivity contribution in [1.82, 2.24) is 5.32 Å². The van der Waals surface area contributed by atoms with Gasteiger partial charge in [-0.05, 0) is 74.0 Å². The average molecular weight is 376 g/mol. The van der Waals surface area contributed by atoms with Crippen molar-refractivity contribution in [3.63, 3.8) is 0 Å². The molecule has 2 aromatic rings. The fourth-order valence-corrected chi connectivity index (χ4v) is 4.40.